The normalized spacial score (nSPS) is 29.0. The molecular formula is C54H66N2O4. The van der Waals surface area contributed by atoms with E-state index in [2.05, 4.69) is 63.4 Å². The number of urea groups is 1. The van der Waals surface area contributed by atoms with Gasteiger partial charge >= 0.3 is 6.03 Å². The first kappa shape index (κ1) is 42.2. The number of hydrogen-bond donors (Lipinski definition) is 3. The molecule has 0 heterocycles. The third kappa shape index (κ3) is 8.14. The van der Waals surface area contributed by atoms with Gasteiger partial charge in [-0.15, -0.1) is 0 Å². The standard InChI is InChI=1S/C54H66N2O4/c1-36-15-14-29-53(5)48(45-27-23-38(31-43(57)26-22-36)32-47(45)50(58)46-21-13-12-20-44(46)40-18-10-7-11-19-40)28-30-54(53,60)35-56(34-41-24-25-42-33-49(41)52(42,3)4)51(59)55-37(2)39-16-8-6-9-17-39/h6-13,15-21,23,27,32,37,41-43,48-49,57,60H,14,22,24-26,28-31,33-35H2,1-5H3,(H,55,59)/t37-,41+,42+,43+,48+,49+,53+,54-/m1/s1. The van der Waals surface area contributed by atoms with E-state index in [4.69, 9.17) is 0 Å². The van der Waals surface area contributed by atoms with Gasteiger partial charge in [-0.2, -0.15) is 0 Å². The Kier molecular flexibility index (Phi) is 12.0. The number of rotatable bonds is 9. The van der Waals surface area contributed by atoms with E-state index in [1.54, 1.807) is 0 Å². The van der Waals surface area contributed by atoms with Crippen molar-refractivity contribution in [3.05, 3.63) is 143 Å². The van der Waals surface area contributed by atoms with Crippen LogP contribution in [0.3, 0.4) is 0 Å². The molecule has 6 aliphatic carbocycles. The topological polar surface area (TPSA) is 89.9 Å². The van der Waals surface area contributed by atoms with E-state index in [1.165, 1.54) is 18.4 Å². The second kappa shape index (κ2) is 17.1. The zero-order valence-electron chi connectivity index (χ0n) is 36.5. The minimum absolute atomic E-state index is 0.0453. The van der Waals surface area contributed by atoms with E-state index < -0.39 is 17.1 Å². The number of benzene rings is 4. The van der Waals surface area contributed by atoms with E-state index in [0.717, 1.165) is 53.0 Å². The maximum atomic E-state index is 15.2. The van der Waals surface area contributed by atoms with Crippen LogP contribution in [0.5, 0.6) is 0 Å². The maximum Gasteiger partial charge on any atom is 0.317 e. The van der Waals surface area contributed by atoms with Crippen LogP contribution in [0, 0.1) is 28.6 Å². The van der Waals surface area contributed by atoms with Gasteiger partial charge in [-0.25, -0.2) is 4.79 Å². The van der Waals surface area contributed by atoms with Crippen LogP contribution in [0.1, 0.15) is 137 Å². The van der Waals surface area contributed by atoms with Crippen molar-refractivity contribution < 1.29 is 19.8 Å². The van der Waals surface area contributed by atoms with Crippen LogP contribution in [-0.2, 0) is 6.42 Å². The van der Waals surface area contributed by atoms with Gasteiger partial charge in [0.2, 0.25) is 0 Å². The first-order valence-electron chi connectivity index (χ1n) is 22.8. The fourth-order valence-corrected chi connectivity index (χ4v) is 12.0. The lowest BCUT2D eigenvalue weighted by molar-refractivity contribution is -0.118. The monoisotopic (exact) mass is 807 g/mol. The first-order chi connectivity index (χ1) is 28.8. The van der Waals surface area contributed by atoms with Gasteiger partial charge in [0.25, 0.3) is 0 Å². The van der Waals surface area contributed by atoms with E-state index in [9.17, 15) is 15.0 Å². The van der Waals surface area contributed by atoms with Crippen molar-refractivity contribution in [2.45, 2.75) is 122 Å². The predicted octanol–water partition coefficient (Wildman–Crippen LogP) is 11.5. The molecule has 8 atom stereocenters. The summed E-state index contributed by atoms with van der Waals surface area (Å²) in [5.41, 5.74) is 5.70. The minimum atomic E-state index is -1.22. The number of amides is 2. The minimum Gasteiger partial charge on any atom is -0.393 e. The molecule has 4 aromatic rings. The zero-order valence-corrected chi connectivity index (χ0v) is 36.5. The van der Waals surface area contributed by atoms with Gasteiger partial charge in [0, 0.05) is 23.1 Å². The molecule has 3 N–H and O–H groups in total. The SMILES string of the molecule is CC1=CCC[C@@]2(C)[C@@H](CC[C@@]2(O)CN(C[C@@H]2CC[C@H]3C[C@@H]2C3(C)C)C(=O)N[C@H](C)c2ccccc2)c2ccc(cc2C(=O)c2ccccc2-c2ccccc2)C[C@@H](O)CC1. The van der Waals surface area contributed by atoms with E-state index >= 15 is 4.79 Å². The van der Waals surface area contributed by atoms with E-state index in [1.807, 2.05) is 90.7 Å². The number of allylic oxidation sites excluding steroid dienone is 2. The first-order valence-corrected chi connectivity index (χ1v) is 22.8. The van der Waals surface area contributed by atoms with Crippen molar-refractivity contribution in [1.29, 1.82) is 0 Å². The summed E-state index contributed by atoms with van der Waals surface area (Å²) >= 11 is 0. The van der Waals surface area contributed by atoms with Crippen molar-refractivity contribution in [3.63, 3.8) is 0 Å². The molecule has 0 saturated heterocycles. The maximum absolute atomic E-state index is 15.2. The number of hydrogen-bond acceptors (Lipinski definition) is 4. The van der Waals surface area contributed by atoms with Gasteiger partial charge in [0.05, 0.1) is 24.3 Å². The van der Waals surface area contributed by atoms with Crippen LogP contribution in [-0.4, -0.2) is 51.7 Å². The molecule has 4 fully saturated rings. The highest BCUT2D eigenvalue weighted by atomic mass is 16.3. The Morgan fingerprint density at radius 3 is 2.30 bits per heavy atom. The van der Waals surface area contributed by atoms with Gasteiger partial charge < -0.3 is 20.4 Å². The lowest BCUT2D eigenvalue weighted by Gasteiger charge is -2.60. The Bertz CT molecular complexity index is 2200. The van der Waals surface area contributed by atoms with Crippen molar-refractivity contribution in [1.82, 2.24) is 10.2 Å². The number of nitrogens with zero attached hydrogens (tertiary/aromatic N) is 1. The smallest absolute Gasteiger partial charge is 0.317 e. The summed E-state index contributed by atoms with van der Waals surface area (Å²) in [5.74, 6) is 1.51. The molecule has 6 aliphatic rings. The van der Waals surface area contributed by atoms with Crippen molar-refractivity contribution in [2.75, 3.05) is 13.1 Å². The molecule has 4 bridgehead atoms. The molecule has 0 unspecified atom stereocenters. The molecule has 0 aromatic heterocycles. The van der Waals surface area contributed by atoms with Gasteiger partial charge in [0.15, 0.2) is 5.78 Å². The van der Waals surface area contributed by atoms with Gasteiger partial charge in [-0.1, -0.05) is 129 Å². The van der Waals surface area contributed by atoms with E-state index in [-0.39, 0.29) is 35.7 Å². The summed E-state index contributed by atoms with van der Waals surface area (Å²) in [6.45, 7) is 12.1. The third-order valence-corrected chi connectivity index (χ3v) is 16.0. The molecule has 4 aromatic carbocycles. The van der Waals surface area contributed by atoms with Gasteiger partial charge in [-0.3, -0.25) is 4.79 Å². The Morgan fingerprint density at radius 2 is 1.57 bits per heavy atom. The number of fused-ring (bicyclic) bond motifs is 10. The molecule has 6 nitrogen and oxygen atoms in total. The number of aliphatic hydroxyl groups is 2. The van der Waals surface area contributed by atoms with Crippen LogP contribution in [0.25, 0.3) is 11.1 Å². The molecule has 0 aliphatic heterocycles. The summed E-state index contributed by atoms with van der Waals surface area (Å²) in [7, 11) is 0. The molecule has 60 heavy (non-hydrogen) atoms. The average molecular weight is 807 g/mol. The van der Waals surface area contributed by atoms with Crippen LogP contribution in [0.15, 0.2) is 115 Å². The number of aliphatic hydroxyl groups excluding tert-OH is 1. The predicted molar refractivity (Wildman–Crippen MR) is 242 cm³/mol. The molecule has 316 valence electrons. The highest BCUT2D eigenvalue weighted by Crippen LogP contribution is 2.62. The zero-order chi connectivity index (χ0) is 42.2. The summed E-state index contributed by atoms with van der Waals surface area (Å²) in [6.07, 6.45) is 9.83. The highest BCUT2D eigenvalue weighted by Gasteiger charge is 2.59. The second-order valence-electron chi connectivity index (χ2n) is 19.8. The third-order valence-electron chi connectivity index (χ3n) is 16.0. The number of ketones is 1. The molecular weight excluding hydrogens is 741 g/mol. The van der Waals surface area contributed by atoms with Crippen LogP contribution < -0.4 is 5.32 Å². The lowest BCUT2D eigenvalue weighted by atomic mass is 9.45. The molecule has 4 saturated carbocycles. The molecule has 6 heteroatoms. The molecule has 0 spiro atoms. The number of carbonyl (C=O) groups is 2. The van der Waals surface area contributed by atoms with Crippen molar-refractivity contribution in [3.8, 4) is 11.1 Å². The average Bonchev–Trinajstić information content (AvgIpc) is 3.51. The molecule has 2 amide bonds. The largest absolute Gasteiger partial charge is 0.393 e. The van der Waals surface area contributed by atoms with Gasteiger partial charge in [-0.05, 0) is 141 Å². The molecule has 0 radical (unpaired) electrons. The fourth-order valence-electron chi connectivity index (χ4n) is 12.0. The summed E-state index contributed by atoms with van der Waals surface area (Å²) in [4.78, 5) is 31.8. The Hall–Kier alpha value is -4.52. The number of carbonyl (C=O) groups excluding carboxylic acids is 2. The second-order valence-corrected chi connectivity index (χ2v) is 19.8. The Labute approximate surface area is 358 Å². The number of nitrogens with one attached hydrogen (secondary N) is 1. The Balaban J connectivity index is 1.19. The van der Waals surface area contributed by atoms with Crippen LogP contribution >= 0.6 is 0 Å². The Morgan fingerprint density at radius 1 is 0.850 bits per heavy atom. The summed E-state index contributed by atoms with van der Waals surface area (Å²) in [5, 5.41) is 28.0. The summed E-state index contributed by atoms with van der Waals surface area (Å²) < 4.78 is 0. The quantitative estimate of drug-likeness (QED) is 0.116. The highest BCUT2D eigenvalue weighted by molar-refractivity contribution is 6.13. The van der Waals surface area contributed by atoms with Gasteiger partial charge in [0.1, 0.15) is 0 Å². The van der Waals surface area contributed by atoms with Crippen LogP contribution in [0.4, 0.5) is 4.79 Å². The molecule has 10 rings (SSSR count). The van der Waals surface area contributed by atoms with Crippen LogP contribution in [0.2, 0.25) is 0 Å². The lowest BCUT2D eigenvalue weighted by Crippen LogP contribution is -2.59. The summed E-state index contributed by atoms with van der Waals surface area (Å²) in [6, 6.07) is 34.0. The fraction of sp³-hybridized carbons (Fsp3) is 0.481. The van der Waals surface area contributed by atoms with Crippen molar-refractivity contribution >= 4 is 11.8 Å². The van der Waals surface area contributed by atoms with E-state index in [0.29, 0.717) is 61.6 Å². The van der Waals surface area contributed by atoms with Crippen molar-refractivity contribution in [2.24, 2.45) is 28.6 Å².